The molecule has 0 bridgehead atoms. The first-order valence-corrected chi connectivity index (χ1v) is 3.76. The summed E-state index contributed by atoms with van der Waals surface area (Å²) >= 11 is 0. The number of nitrogens with one attached hydrogen (secondary N) is 2. The zero-order chi connectivity index (χ0) is 6.69. The first kappa shape index (κ1) is 7.03. The fourth-order valence-corrected chi connectivity index (χ4v) is 1.37. The molecule has 1 fully saturated rings. The summed E-state index contributed by atoms with van der Waals surface area (Å²) in [5.41, 5.74) is 0. The fourth-order valence-electron chi connectivity index (χ4n) is 1.37. The van der Waals surface area contributed by atoms with Crippen LogP contribution in [0.15, 0.2) is 0 Å². The van der Waals surface area contributed by atoms with Gasteiger partial charge in [0.15, 0.2) is 0 Å². The zero-order valence-corrected chi connectivity index (χ0v) is 6.28. The molecule has 0 spiro atoms. The highest BCUT2D eigenvalue weighted by atomic mass is 15.0. The lowest BCUT2D eigenvalue weighted by atomic mass is 9.92. The van der Waals surface area contributed by atoms with Crippen molar-refractivity contribution in [3.8, 4) is 0 Å². The van der Waals surface area contributed by atoms with Gasteiger partial charge in [0.05, 0.1) is 0 Å². The maximum Gasteiger partial charge on any atom is 0.0114 e. The van der Waals surface area contributed by atoms with Gasteiger partial charge in [0.1, 0.15) is 0 Å². The van der Waals surface area contributed by atoms with E-state index in [1.165, 1.54) is 19.5 Å². The van der Waals surface area contributed by atoms with Crippen LogP contribution in [0.4, 0.5) is 0 Å². The van der Waals surface area contributed by atoms with Gasteiger partial charge in [0, 0.05) is 19.1 Å². The Morgan fingerprint density at radius 3 is 2.44 bits per heavy atom. The second-order valence-corrected chi connectivity index (χ2v) is 2.72. The van der Waals surface area contributed by atoms with Gasteiger partial charge in [-0.15, -0.1) is 0 Å². The largest absolute Gasteiger partial charge is 0.317 e. The lowest BCUT2D eigenvalue weighted by Crippen LogP contribution is -2.52. The van der Waals surface area contributed by atoms with E-state index < -0.39 is 0 Å². The van der Waals surface area contributed by atoms with Crippen molar-refractivity contribution < 1.29 is 0 Å². The topological polar surface area (TPSA) is 24.1 Å². The summed E-state index contributed by atoms with van der Waals surface area (Å²) in [6.07, 6.45) is 1.25. The van der Waals surface area contributed by atoms with Crippen molar-refractivity contribution in [3.05, 3.63) is 0 Å². The Kier molecular flexibility index (Phi) is 2.49. The summed E-state index contributed by atoms with van der Waals surface area (Å²) in [5.74, 6) is 0.889. The molecule has 1 saturated heterocycles. The Balaban J connectivity index is 2.19. The van der Waals surface area contributed by atoms with Crippen molar-refractivity contribution in [2.45, 2.75) is 19.4 Å². The van der Waals surface area contributed by atoms with Crippen molar-refractivity contribution in [1.29, 1.82) is 0 Å². The van der Waals surface area contributed by atoms with Gasteiger partial charge in [-0.1, -0.05) is 6.92 Å². The minimum atomic E-state index is 0.742. The molecule has 0 saturated carbocycles. The third-order valence-corrected chi connectivity index (χ3v) is 2.19. The van der Waals surface area contributed by atoms with Crippen molar-refractivity contribution in [3.63, 3.8) is 0 Å². The second kappa shape index (κ2) is 3.18. The predicted octanol–water partition coefficient (Wildman–Crippen LogP) is 0.204. The van der Waals surface area contributed by atoms with Crippen LogP contribution < -0.4 is 10.6 Å². The van der Waals surface area contributed by atoms with E-state index in [0.29, 0.717) is 0 Å². The summed E-state index contributed by atoms with van der Waals surface area (Å²) in [6.45, 7) is 4.65. The van der Waals surface area contributed by atoms with Crippen LogP contribution in [-0.2, 0) is 0 Å². The monoisotopic (exact) mass is 128 g/mol. The third-order valence-electron chi connectivity index (χ3n) is 2.19. The normalized spacial score (nSPS) is 23.3. The molecule has 1 heterocycles. The van der Waals surface area contributed by atoms with Crippen LogP contribution in [-0.4, -0.2) is 26.2 Å². The molecule has 0 aliphatic carbocycles. The Hall–Kier alpha value is -0.0800. The minimum Gasteiger partial charge on any atom is -0.317 e. The van der Waals surface area contributed by atoms with E-state index in [0.717, 1.165) is 12.0 Å². The van der Waals surface area contributed by atoms with Crippen LogP contribution >= 0.6 is 0 Å². The van der Waals surface area contributed by atoms with E-state index in [1.807, 2.05) is 7.05 Å². The molecule has 1 aliphatic heterocycles. The van der Waals surface area contributed by atoms with Crippen molar-refractivity contribution in [2.75, 3.05) is 20.1 Å². The van der Waals surface area contributed by atoms with E-state index in [9.17, 15) is 0 Å². The first-order valence-electron chi connectivity index (χ1n) is 3.76. The molecule has 0 radical (unpaired) electrons. The molecule has 1 aliphatic rings. The molecule has 2 heteroatoms. The molecule has 2 nitrogen and oxygen atoms in total. The molecule has 9 heavy (non-hydrogen) atoms. The minimum absolute atomic E-state index is 0.742. The smallest absolute Gasteiger partial charge is 0.0114 e. The molecule has 0 aromatic carbocycles. The maximum absolute atomic E-state index is 3.31. The van der Waals surface area contributed by atoms with Gasteiger partial charge in [-0.25, -0.2) is 0 Å². The van der Waals surface area contributed by atoms with Crippen LogP contribution in [0.25, 0.3) is 0 Å². The van der Waals surface area contributed by atoms with Gasteiger partial charge in [0.2, 0.25) is 0 Å². The zero-order valence-electron chi connectivity index (χ0n) is 6.28. The maximum atomic E-state index is 3.31. The fraction of sp³-hybridized carbons (Fsp3) is 1.00. The highest BCUT2D eigenvalue weighted by molar-refractivity contribution is 4.84. The summed E-state index contributed by atoms with van der Waals surface area (Å²) in [4.78, 5) is 0. The molecular formula is C7H16N2. The standard InChI is InChI=1S/C7H16N2/c1-3-7(8-2)6-4-9-5-6/h6-9H,3-5H2,1-2H3. The summed E-state index contributed by atoms with van der Waals surface area (Å²) in [7, 11) is 2.05. The van der Waals surface area contributed by atoms with E-state index in [4.69, 9.17) is 0 Å². The molecule has 0 amide bonds. The van der Waals surface area contributed by atoms with Crippen LogP contribution in [0.1, 0.15) is 13.3 Å². The van der Waals surface area contributed by atoms with Crippen LogP contribution in [0.2, 0.25) is 0 Å². The van der Waals surface area contributed by atoms with Gasteiger partial charge >= 0.3 is 0 Å². The molecule has 1 unspecified atom stereocenters. The van der Waals surface area contributed by atoms with E-state index >= 15 is 0 Å². The highest BCUT2D eigenvalue weighted by Gasteiger charge is 2.23. The number of hydrogen-bond acceptors (Lipinski definition) is 2. The molecule has 1 atom stereocenters. The average Bonchev–Trinajstić information content (AvgIpc) is 1.78. The van der Waals surface area contributed by atoms with Gasteiger partial charge in [-0.3, -0.25) is 0 Å². The Labute approximate surface area is 57.0 Å². The number of hydrogen-bond donors (Lipinski definition) is 2. The third kappa shape index (κ3) is 1.43. The van der Waals surface area contributed by atoms with E-state index in [-0.39, 0.29) is 0 Å². The van der Waals surface area contributed by atoms with Crippen molar-refractivity contribution in [2.24, 2.45) is 5.92 Å². The van der Waals surface area contributed by atoms with Crippen molar-refractivity contribution in [1.82, 2.24) is 10.6 Å². The summed E-state index contributed by atoms with van der Waals surface area (Å²) in [6, 6.07) is 0.742. The van der Waals surface area contributed by atoms with E-state index in [2.05, 4.69) is 17.6 Å². The first-order chi connectivity index (χ1) is 4.38. The summed E-state index contributed by atoms with van der Waals surface area (Å²) < 4.78 is 0. The quantitative estimate of drug-likeness (QED) is 0.567. The van der Waals surface area contributed by atoms with Crippen molar-refractivity contribution >= 4 is 0 Å². The van der Waals surface area contributed by atoms with Gasteiger partial charge in [0.25, 0.3) is 0 Å². The van der Waals surface area contributed by atoms with Gasteiger partial charge < -0.3 is 10.6 Å². The molecular weight excluding hydrogens is 112 g/mol. The average molecular weight is 128 g/mol. The van der Waals surface area contributed by atoms with Crippen LogP contribution in [0.5, 0.6) is 0 Å². The predicted molar refractivity (Wildman–Crippen MR) is 39.5 cm³/mol. The Bertz CT molecular complexity index is 75.0. The van der Waals surface area contributed by atoms with Gasteiger partial charge in [-0.2, -0.15) is 0 Å². The lowest BCUT2D eigenvalue weighted by Gasteiger charge is -2.33. The van der Waals surface area contributed by atoms with E-state index in [1.54, 1.807) is 0 Å². The van der Waals surface area contributed by atoms with Gasteiger partial charge in [-0.05, 0) is 19.4 Å². The van der Waals surface area contributed by atoms with Crippen LogP contribution in [0, 0.1) is 5.92 Å². The molecule has 1 rings (SSSR count). The Morgan fingerprint density at radius 2 is 2.33 bits per heavy atom. The Morgan fingerprint density at radius 1 is 1.67 bits per heavy atom. The molecule has 0 aromatic rings. The second-order valence-electron chi connectivity index (χ2n) is 2.72. The molecule has 2 N–H and O–H groups in total. The SMILES string of the molecule is CCC(NC)C1CNC1. The highest BCUT2D eigenvalue weighted by Crippen LogP contribution is 2.10. The lowest BCUT2D eigenvalue weighted by molar-refractivity contribution is 0.259. The van der Waals surface area contributed by atoms with Crippen LogP contribution in [0.3, 0.4) is 0 Å². The molecule has 0 aromatic heterocycles. The molecule has 54 valence electrons. The summed E-state index contributed by atoms with van der Waals surface area (Å²) in [5, 5.41) is 6.58. The number of rotatable bonds is 3.